The Morgan fingerprint density at radius 2 is 1.84 bits per heavy atom. The van der Waals surface area contributed by atoms with E-state index in [1.807, 2.05) is 29.2 Å². The SMILES string of the molecule is CC1CN(C(=O)Cc2ccccc2N)CC(C)N1C. The molecule has 2 atom stereocenters. The van der Waals surface area contributed by atoms with Gasteiger partial charge in [0.25, 0.3) is 0 Å². The number of rotatable bonds is 2. The Morgan fingerprint density at radius 3 is 2.42 bits per heavy atom. The van der Waals surface area contributed by atoms with E-state index in [-0.39, 0.29) is 5.91 Å². The minimum absolute atomic E-state index is 0.171. The molecule has 1 aliphatic rings. The zero-order chi connectivity index (χ0) is 14.0. The molecule has 2 N–H and O–H groups in total. The van der Waals surface area contributed by atoms with E-state index in [0.29, 0.717) is 24.2 Å². The number of anilines is 1. The van der Waals surface area contributed by atoms with Crippen LogP contribution in [0.4, 0.5) is 5.69 Å². The van der Waals surface area contributed by atoms with Crippen molar-refractivity contribution in [2.24, 2.45) is 0 Å². The van der Waals surface area contributed by atoms with Crippen LogP contribution < -0.4 is 5.73 Å². The van der Waals surface area contributed by atoms with Crippen LogP contribution in [0.5, 0.6) is 0 Å². The summed E-state index contributed by atoms with van der Waals surface area (Å²) in [5.41, 5.74) is 7.52. The van der Waals surface area contributed by atoms with Gasteiger partial charge in [-0.05, 0) is 32.5 Å². The predicted molar refractivity (Wildman–Crippen MR) is 77.8 cm³/mol. The summed E-state index contributed by atoms with van der Waals surface area (Å²) in [6.45, 7) is 5.92. The zero-order valence-corrected chi connectivity index (χ0v) is 12.0. The van der Waals surface area contributed by atoms with Gasteiger partial charge >= 0.3 is 0 Å². The smallest absolute Gasteiger partial charge is 0.227 e. The van der Waals surface area contributed by atoms with Crippen LogP contribution in [0.15, 0.2) is 24.3 Å². The lowest BCUT2D eigenvalue weighted by Crippen LogP contribution is -2.56. The Balaban J connectivity index is 2.03. The highest BCUT2D eigenvalue weighted by molar-refractivity contribution is 5.80. The first-order chi connectivity index (χ1) is 8.99. The van der Waals surface area contributed by atoms with E-state index < -0.39 is 0 Å². The van der Waals surface area contributed by atoms with E-state index in [4.69, 9.17) is 5.73 Å². The van der Waals surface area contributed by atoms with Gasteiger partial charge in [-0.1, -0.05) is 18.2 Å². The van der Waals surface area contributed by atoms with E-state index in [0.717, 1.165) is 18.7 Å². The molecule has 1 amide bonds. The van der Waals surface area contributed by atoms with Crippen LogP contribution in [0.2, 0.25) is 0 Å². The summed E-state index contributed by atoms with van der Waals surface area (Å²) in [7, 11) is 2.12. The van der Waals surface area contributed by atoms with Crippen LogP contribution in [0, 0.1) is 0 Å². The fraction of sp³-hybridized carbons (Fsp3) is 0.533. The minimum Gasteiger partial charge on any atom is -0.398 e. The fourth-order valence-corrected chi connectivity index (χ4v) is 2.58. The first kappa shape index (κ1) is 13.9. The Bertz CT molecular complexity index is 448. The van der Waals surface area contributed by atoms with Crippen molar-refractivity contribution in [1.82, 2.24) is 9.80 Å². The summed E-state index contributed by atoms with van der Waals surface area (Å²) in [6, 6.07) is 8.40. The van der Waals surface area contributed by atoms with Gasteiger partial charge in [-0.15, -0.1) is 0 Å². The Kier molecular flexibility index (Phi) is 4.10. The van der Waals surface area contributed by atoms with Crippen molar-refractivity contribution in [1.29, 1.82) is 0 Å². The Hall–Kier alpha value is -1.55. The summed E-state index contributed by atoms with van der Waals surface area (Å²) < 4.78 is 0. The molecule has 4 nitrogen and oxygen atoms in total. The number of likely N-dealkylation sites (N-methyl/N-ethyl adjacent to an activating group) is 1. The van der Waals surface area contributed by atoms with Gasteiger partial charge in [-0.25, -0.2) is 0 Å². The molecule has 0 bridgehead atoms. The molecule has 1 aromatic carbocycles. The number of nitrogens with zero attached hydrogens (tertiary/aromatic N) is 2. The van der Waals surface area contributed by atoms with Crippen LogP contribution in [-0.4, -0.2) is 47.9 Å². The van der Waals surface area contributed by atoms with Gasteiger partial charge in [0.05, 0.1) is 6.42 Å². The third-order valence-electron chi connectivity index (χ3n) is 4.11. The quantitative estimate of drug-likeness (QED) is 0.818. The molecule has 104 valence electrons. The van der Waals surface area contributed by atoms with Gasteiger partial charge in [-0.2, -0.15) is 0 Å². The molecule has 0 aromatic heterocycles. The molecule has 0 aliphatic carbocycles. The highest BCUT2D eigenvalue weighted by Crippen LogP contribution is 2.17. The normalized spacial score (nSPS) is 24.5. The lowest BCUT2D eigenvalue weighted by atomic mass is 10.1. The highest BCUT2D eigenvalue weighted by atomic mass is 16.2. The molecular weight excluding hydrogens is 238 g/mol. The number of hydrogen-bond acceptors (Lipinski definition) is 3. The maximum Gasteiger partial charge on any atom is 0.227 e. The Labute approximate surface area is 115 Å². The van der Waals surface area contributed by atoms with Gasteiger partial charge in [0.15, 0.2) is 0 Å². The summed E-state index contributed by atoms with van der Waals surface area (Å²) in [4.78, 5) is 16.6. The van der Waals surface area contributed by atoms with Gasteiger partial charge < -0.3 is 10.6 Å². The maximum absolute atomic E-state index is 12.4. The van der Waals surface area contributed by atoms with Crippen molar-refractivity contribution in [3.8, 4) is 0 Å². The molecule has 0 radical (unpaired) electrons. The van der Waals surface area contributed by atoms with Crippen LogP contribution in [0.3, 0.4) is 0 Å². The third-order valence-corrected chi connectivity index (χ3v) is 4.11. The van der Waals surface area contributed by atoms with Crippen molar-refractivity contribution in [3.05, 3.63) is 29.8 Å². The standard InChI is InChI=1S/C15H23N3O/c1-11-9-18(10-12(2)17(11)3)15(19)8-13-6-4-5-7-14(13)16/h4-7,11-12H,8-10,16H2,1-3H3. The average molecular weight is 261 g/mol. The zero-order valence-electron chi connectivity index (χ0n) is 12.0. The molecule has 1 saturated heterocycles. The molecule has 1 heterocycles. The fourth-order valence-electron chi connectivity index (χ4n) is 2.58. The number of amides is 1. The van der Waals surface area contributed by atoms with E-state index in [9.17, 15) is 4.79 Å². The summed E-state index contributed by atoms with van der Waals surface area (Å²) in [6.07, 6.45) is 0.399. The molecule has 1 aliphatic heterocycles. The van der Waals surface area contributed by atoms with Crippen molar-refractivity contribution in [2.75, 3.05) is 25.9 Å². The lowest BCUT2D eigenvalue weighted by molar-refractivity contribution is -0.134. The topological polar surface area (TPSA) is 49.6 Å². The summed E-state index contributed by atoms with van der Waals surface area (Å²) in [5, 5.41) is 0. The van der Waals surface area contributed by atoms with Crippen LogP contribution in [-0.2, 0) is 11.2 Å². The largest absolute Gasteiger partial charge is 0.398 e. The predicted octanol–water partition coefficient (Wildman–Crippen LogP) is 1.36. The van der Waals surface area contributed by atoms with E-state index in [1.54, 1.807) is 0 Å². The maximum atomic E-state index is 12.4. The van der Waals surface area contributed by atoms with Gasteiger partial charge in [0, 0.05) is 30.9 Å². The van der Waals surface area contributed by atoms with Crippen molar-refractivity contribution in [3.63, 3.8) is 0 Å². The van der Waals surface area contributed by atoms with Crippen LogP contribution >= 0.6 is 0 Å². The number of hydrogen-bond donors (Lipinski definition) is 1. The van der Waals surface area contributed by atoms with Crippen molar-refractivity contribution < 1.29 is 4.79 Å². The number of carbonyl (C=O) groups is 1. The molecule has 0 saturated carbocycles. The number of nitrogens with two attached hydrogens (primary N) is 1. The molecule has 1 aromatic rings. The molecule has 19 heavy (non-hydrogen) atoms. The number of piperazine rings is 1. The third kappa shape index (κ3) is 3.07. The second-order valence-electron chi connectivity index (χ2n) is 5.54. The van der Waals surface area contributed by atoms with Crippen LogP contribution in [0.1, 0.15) is 19.4 Å². The first-order valence-electron chi connectivity index (χ1n) is 6.82. The molecular formula is C15H23N3O. The lowest BCUT2D eigenvalue weighted by Gasteiger charge is -2.42. The summed E-state index contributed by atoms with van der Waals surface area (Å²) in [5.74, 6) is 0.171. The molecule has 0 spiro atoms. The number of para-hydroxylation sites is 1. The molecule has 2 unspecified atom stereocenters. The van der Waals surface area contributed by atoms with E-state index in [1.165, 1.54) is 0 Å². The number of nitrogen functional groups attached to an aromatic ring is 1. The molecule has 4 heteroatoms. The molecule has 1 fully saturated rings. The van der Waals surface area contributed by atoms with Crippen LogP contribution in [0.25, 0.3) is 0 Å². The second-order valence-corrected chi connectivity index (χ2v) is 5.54. The monoisotopic (exact) mass is 261 g/mol. The summed E-state index contributed by atoms with van der Waals surface area (Å²) >= 11 is 0. The van der Waals surface area contributed by atoms with E-state index >= 15 is 0 Å². The molecule has 2 rings (SSSR count). The number of carbonyl (C=O) groups excluding carboxylic acids is 1. The Morgan fingerprint density at radius 1 is 1.26 bits per heavy atom. The van der Waals surface area contributed by atoms with Crippen molar-refractivity contribution >= 4 is 11.6 Å². The first-order valence-corrected chi connectivity index (χ1v) is 6.82. The second kappa shape index (κ2) is 5.61. The van der Waals surface area contributed by atoms with Gasteiger partial charge in [0.2, 0.25) is 5.91 Å². The number of benzene rings is 1. The average Bonchev–Trinajstić information content (AvgIpc) is 2.38. The van der Waals surface area contributed by atoms with Crippen molar-refractivity contribution in [2.45, 2.75) is 32.4 Å². The highest BCUT2D eigenvalue weighted by Gasteiger charge is 2.29. The van der Waals surface area contributed by atoms with Gasteiger partial charge in [-0.3, -0.25) is 9.69 Å². The van der Waals surface area contributed by atoms with E-state index in [2.05, 4.69) is 25.8 Å². The minimum atomic E-state index is 0.171. The van der Waals surface area contributed by atoms with Gasteiger partial charge in [0.1, 0.15) is 0 Å².